The standard InChI is InChI=1S/C14H13Br2FN2S/c1-14(2,3)11-10(16)13(20)19-12(18-11)7-4-5-9(17)8(15)6-7/h4-6H,1-3H3,(H,18,19,20). The Balaban J connectivity index is 2.67. The molecular formula is C14H13Br2FN2S. The van der Waals surface area contributed by atoms with Crippen molar-refractivity contribution in [3.05, 3.63) is 43.3 Å². The molecule has 6 heteroatoms. The second-order valence-corrected chi connectivity index (χ2v) is 7.49. The fourth-order valence-electron chi connectivity index (χ4n) is 1.76. The maximum atomic E-state index is 13.3. The van der Waals surface area contributed by atoms with Crippen LogP contribution in [0, 0.1) is 10.5 Å². The third-order valence-electron chi connectivity index (χ3n) is 2.81. The summed E-state index contributed by atoms with van der Waals surface area (Å²) >= 11 is 12.0. The zero-order valence-electron chi connectivity index (χ0n) is 11.2. The first-order chi connectivity index (χ1) is 9.20. The second kappa shape index (κ2) is 5.66. The molecule has 1 aromatic heterocycles. The highest BCUT2D eigenvalue weighted by atomic mass is 79.9. The molecule has 0 fully saturated rings. The van der Waals surface area contributed by atoms with Gasteiger partial charge in [-0.05, 0) is 50.1 Å². The van der Waals surface area contributed by atoms with Crippen molar-refractivity contribution in [2.75, 3.05) is 0 Å². The summed E-state index contributed by atoms with van der Waals surface area (Å²) in [5, 5.41) is 0. The van der Waals surface area contributed by atoms with Crippen molar-refractivity contribution in [2.24, 2.45) is 0 Å². The Labute approximate surface area is 139 Å². The number of nitrogens with zero attached hydrogens (tertiary/aromatic N) is 1. The molecule has 0 aliphatic carbocycles. The van der Waals surface area contributed by atoms with Crippen molar-refractivity contribution in [1.82, 2.24) is 9.97 Å². The van der Waals surface area contributed by atoms with Crippen LogP contribution in [-0.2, 0) is 5.41 Å². The predicted molar refractivity (Wildman–Crippen MR) is 88.9 cm³/mol. The van der Waals surface area contributed by atoms with Gasteiger partial charge in [0.25, 0.3) is 0 Å². The molecule has 0 unspecified atom stereocenters. The maximum Gasteiger partial charge on any atom is 0.144 e. The number of hydrogen-bond acceptors (Lipinski definition) is 2. The molecule has 2 nitrogen and oxygen atoms in total. The first-order valence-corrected chi connectivity index (χ1v) is 7.95. The summed E-state index contributed by atoms with van der Waals surface area (Å²) in [5.41, 5.74) is 1.64. The van der Waals surface area contributed by atoms with E-state index < -0.39 is 0 Å². The molecule has 0 radical (unpaired) electrons. The topological polar surface area (TPSA) is 28.7 Å². The normalized spacial score (nSPS) is 11.7. The highest BCUT2D eigenvalue weighted by Gasteiger charge is 2.20. The van der Waals surface area contributed by atoms with Crippen LogP contribution in [0.15, 0.2) is 27.1 Å². The number of hydrogen-bond donors (Lipinski definition) is 1. The molecule has 1 aromatic carbocycles. The average Bonchev–Trinajstić information content (AvgIpc) is 2.34. The Bertz CT molecular complexity index is 720. The van der Waals surface area contributed by atoms with Crippen LogP contribution >= 0.6 is 44.1 Å². The SMILES string of the molecule is CC(C)(C)c1[nH]c(-c2ccc(F)c(Br)c2)nc(=S)c1Br. The van der Waals surface area contributed by atoms with Crippen LogP contribution in [0.3, 0.4) is 0 Å². The number of H-pyrrole nitrogens is 1. The van der Waals surface area contributed by atoms with Crippen molar-refractivity contribution in [1.29, 1.82) is 0 Å². The van der Waals surface area contributed by atoms with E-state index in [4.69, 9.17) is 12.2 Å². The molecule has 0 atom stereocenters. The molecule has 0 spiro atoms. The van der Waals surface area contributed by atoms with Crippen LogP contribution in [0.1, 0.15) is 26.5 Å². The van der Waals surface area contributed by atoms with Gasteiger partial charge in [-0.25, -0.2) is 9.37 Å². The largest absolute Gasteiger partial charge is 0.342 e. The van der Waals surface area contributed by atoms with Crippen LogP contribution in [0.4, 0.5) is 4.39 Å². The number of aromatic amines is 1. The molecular weight excluding hydrogens is 407 g/mol. The molecule has 1 N–H and O–H groups in total. The summed E-state index contributed by atoms with van der Waals surface area (Å²) in [5.74, 6) is 0.323. The molecule has 0 bridgehead atoms. The van der Waals surface area contributed by atoms with Crippen LogP contribution in [0.25, 0.3) is 11.4 Å². The smallest absolute Gasteiger partial charge is 0.144 e. The van der Waals surface area contributed by atoms with Gasteiger partial charge in [-0.15, -0.1) is 0 Å². The van der Waals surface area contributed by atoms with Gasteiger partial charge in [-0.1, -0.05) is 33.0 Å². The Morgan fingerprint density at radius 2 is 1.90 bits per heavy atom. The minimum absolute atomic E-state index is 0.110. The average molecular weight is 420 g/mol. The maximum absolute atomic E-state index is 13.3. The van der Waals surface area contributed by atoms with Gasteiger partial charge in [0.1, 0.15) is 16.3 Å². The van der Waals surface area contributed by atoms with E-state index in [9.17, 15) is 4.39 Å². The minimum Gasteiger partial charge on any atom is -0.342 e. The minimum atomic E-state index is -0.305. The Morgan fingerprint density at radius 3 is 2.45 bits per heavy atom. The Kier molecular flexibility index (Phi) is 4.47. The molecule has 0 amide bonds. The summed E-state index contributed by atoms with van der Waals surface area (Å²) in [6.45, 7) is 6.26. The quantitative estimate of drug-likeness (QED) is 0.594. The van der Waals surface area contributed by atoms with Gasteiger partial charge in [0.05, 0.1) is 8.95 Å². The van der Waals surface area contributed by atoms with Crippen LogP contribution in [-0.4, -0.2) is 9.97 Å². The van der Waals surface area contributed by atoms with Gasteiger partial charge in [0, 0.05) is 16.7 Å². The molecule has 2 aromatic rings. The fraction of sp³-hybridized carbons (Fsp3) is 0.286. The van der Waals surface area contributed by atoms with E-state index in [0.29, 0.717) is 14.9 Å². The number of aromatic nitrogens is 2. The lowest BCUT2D eigenvalue weighted by atomic mass is 9.92. The van der Waals surface area contributed by atoms with Crippen LogP contribution in [0.2, 0.25) is 0 Å². The second-order valence-electron chi connectivity index (χ2n) is 5.46. The Morgan fingerprint density at radius 1 is 1.25 bits per heavy atom. The molecule has 1 heterocycles. The van der Waals surface area contributed by atoms with Crippen molar-refractivity contribution in [2.45, 2.75) is 26.2 Å². The van der Waals surface area contributed by atoms with E-state index in [1.807, 2.05) is 0 Å². The van der Waals surface area contributed by atoms with Gasteiger partial charge in [-0.2, -0.15) is 0 Å². The molecule has 0 aliphatic heterocycles. The summed E-state index contributed by atoms with van der Waals surface area (Å²) < 4.78 is 15.0. The molecule has 0 saturated heterocycles. The lowest BCUT2D eigenvalue weighted by Gasteiger charge is -2.21. The number of benzene rings is 1. The highest BCUT2D eigenvalue weighted by Crippen LogP contribution is 2.31. The van der Waals surface area contributed by atoms with E-state index in [1.54, 1.807) is 12.1 Å². The lowest BCUT2D eigenvalue weighted by Crippen LogP contribution is -2.16. The monoisotopic (exact) mass is 418 g/mol. The van der Waals surface area contributed by atoms with Gasteiger partial charge in [0.2, 0.25) is 0 Å². The van der Waals surface area contributed by atoms with E-state index in [2.05, 4.69) is 62.6 Å². The highest BCUT2D eigenvalue weighted by molar-refractivity contribution is 9.10. The van der Waals surface area contributed by atoms with Crippen molar-refractivity contribution in [3.63, 3.8) is 0 Å². The summed E-state index contributed by atoms with van der Waals surface area (Å²) in [4.78, 5) is 7.65. The van der Waals surface area contributed by atoms with Gasteiger partial charge < -0.3 is 4.98 Å². The van der Waals surface area contributed by atoms with E-state index in [1.165, 1.54) is 6.07 Å². The molecule has 0 saturated carbocycles. The van der Waals surface area contributed by atoms with E-state index in [-0.39, 0.29) is 11.2 Å². The van der Waals surface area contributed by atoms with Gasteiger partial charge in [-0.3, -0.25) is 0 Å². The molecule has 106 valence electrons. The Hall–Kier alpha value is -0.590. The molecule has 0 aliphatic rings. The summed E-state index contributed by atoms with van der Waals surface area (Å²) in [6.07, 6.45) is 0. The summed E-state index contributed by atoms with van der Waals surface area (Å²) in [7, 11) is 0. The van der Waals surface area contributed by atoms with Gasteiger partial charge >= 0.3 is 0 Å². The zero-order chi connectivity index (χ0) is 15.1. The van der Waals surface area contributed by atoms with E-state index >= 15 is 0 Å². The third-order valence-corrected chi connectivity index (χ3v) is 4.74. The van der Waals surface area contributed by atoms with Crippen LogP contribution < -0.4 is 0 Å². The van der Waals surface area contributed by atoms with Crippen molar-refractivity contribution >= 4 is 44.1 Å². The van der Waals surface area contributed by atoms with E-state index in [0.717, 1.165) is 15.7 Å². The fourth-order valence-corrected chi connectivity index (χ4v) is 3.11. The third kappa shape index (κ3) is 3.18. The lowest BCUT2D eigenvalue weighted by molar-refractivity contribution is 0.563. The zero-order valence-corrected chi connectivity index (χ0v) is 15.2. The van der Waals surface area contributed by atoms with Crippen molar-refractivity contribution in [3.8, 4) is 11.4 Å². The number of nitrogens with one attached hydrogen (secondary N) is 1. The summed E-state index contributed by atoms with van der Waals surface area (Å²) in [6, 6.07) is 4.76. The predicted octanol–water partition coefficient (Wildman–Crippen LogP) is 5.77. The van der Waals surface area contributed by atoms with Crippen molar-refractivity contribution < 1.29 is 4.39 Å². The number of halogens is 3. The first-order valence-electron chi connectivity index (χ1n) is 5.96. The first kappa shape index (κ1) is 15.8. The molecule has 2 rings (SSSR count). The van der Waals surface area contributed by atoms with Gasteiger partial charge in [0.15, 0.2) is 0 Å². The number of rotatable bonds is 1. The van der Waals surface area contributed by atoms with Crippen LogP contribution in [0.5, 0.6) is 0 Å². The molecule has 20 heavy (non-hydrogen) atoms.